The number of nitrogens with zero attached hydrogens (tertiary/aromatic N) is 1. The lowest BCUT2D eigenvalue weighted by Gasteiger charge is -2.09. The molecule has 0 aliphatic rings. The van der Waals surface area contributed by atoms with E-state index in [-0.39, 0.29) is 11.5 Å². The molecule has 0 aromatic carbocycles. The normalized spacial score (nSPS) is 13.1. The van der Waals surface area contributed by atoms with Crippen molar-refractivity contribution < 1.29 is 17.9 Å². The summed E-state index contributed by atoms with van der Waals surface area (Å²) in [5.41, 5.74) is 0.476. The highest BCUT2D eigenvalue weighted by atomic mass is 32.2. The average molecular weight is 257 g/mol. The summed E-state index contributed by atoms with van der Waals surface area (Å²) < 4.78 is 28.1. The van der Waals surface area contributed by atoms with Crippen molar-refractivity contribution in [1.29, 1.82) is 0 Å². The average Bonchev–Trinajstić information content (AvgIpc) is 2.27. The second kappa shape index (κ2) is 5.77. The predicted octanol–water partition coefficient (Wildman–Crippen LogP) is 0.805. The SMILES string of the molecule is COC(=O)C(C)CS(=O)(=O)Cc1ccccn1. The van der Waals surface area contributed by atoms with Gasteiger partial charge in [0.05, 0.1) is 30.2 Å². The third kappa shape index (κ3) is 4.52. The van der Waals surface area contributed by atoms with E-state index in [4.69, 9.17) is 0 Å². The van der Waals surface area contributed by atoms with E-state index in [2.05, 4.69) is 9.72 Å². The molecule has 17 heavy (non-hydrogen) atoms. The fraction of sp³-hybridized carbons (Fsp3) is 0.455. The Morgan fingerprint density at radius 3 is 2.71 bits per heavy atom. The number of methoxy groups -OCH3 is 1. The van der Waals surface area contributed by atoms with Crippen LogP contribution in [0.15, 0.2) is 24.4 Å². The topological polar surface area (TPSA) is 73.3 Å². The minimum absolute atomic E-state index is 0.158. The highest BCUT2D eigenvalue weighted by Gasteiger charge is 2.22. The highest BCUT2D eigenvalue weighted by molar-refractivity contribution is 7.90. The fourth-order valence-corrected chi connectivity index (χ4v) is 3.05. The van der Waals surface area contributed by atoms with Crippen LogP contribution in [0.1, 0.15) is 12.6 Å². The first-order valence-corrected chi connectivity index (χ1v) is 6.95. The summed E-state index contributed by atoms with van der Waals surface area (Å²) in [4.78, 5) is 15.1. The molecule has 0 N–H and O–H groups in total. The lowest BCUT2D eigenvalue weighted by Crippen LogP contribution is -2.23. The van der Waals surface area contributed by atoms with Gasteiger partial charge in [-0.2, -0.15) is 0 Å². The Hall–Kier alpha value is -1.43. The van der Waals surface area contributed by atoms with Crippen LogP contribution >= 0.6 is 0 Å². The number of carbonyl (C=O) groups is 1. The number of ether oxygens (including phenoxy) is 1. The Labute approximate surface area is 101 Å². The van der Waals surface area contributed by atoms with Gasteiger partial charge in [0.25, 0.3) is 0 Å². The Morgan fingerprint density at radius 2 is 2.18 bits per heavy atom. The largest absolute Gasteiger partial charge is 0.469 e. The van der Waals surface area contributed by atoms with Crippen molar-refractivity contribution in [1.82, 2.24) is 4.98 Å². The van der Waals surface area contributed by atoms with E-state index in [0.717, 1.165) is 0 Å². The molecule has 0 amide bonds. The number of aromatic nitrogens is 1. The van der Waals surface area contributed by atoms with Gasteiger partial charge in [-0.3, -0.25) is 9.78 Å². The molecule has 0 bridgehead atoms. The molecule has 1 atom stereocenters. The van der Waals surface area contributed by atoms with Crippen molar-refractivity contribution >= 4 is 15.8 Å². The quantitative estimate of drug-likeness (QED) is 0.730. The zero-order valence-corrected chi connectivity index (χ0v) is 10.6. The van der Waals surface area contributed by atoms with Crippen LogP contribution in [0.3, 0.4) is 0 Å². The summed E-state index contributed by atoms with van der Waals surface area (Å²) in [6, 6.07) is 5.08. The van der Waals surface area contributed by atoms with Gasteiger partial charge in [-0.05, 0) is 12.1 Å². The molecule has 0 radical (unpaired) electrons. The van der Waals surface area contributed by atoms with Crippen LogP contribution in [-0.2, 0) is 25.1 Å². The van der Waals surface area contributed by atoms with Gasteiger partial charge in [0.2, 0.25) is 0 Å². The molecule has 1 aromatic heterocycles. The molecule has 1 heterocycles. The first-order chi connectivity index (χ1) is 7.94. The number of hydrogen-bond donors (Lipinski definition) is 0. The van der Waals surface area contributed by atoms with Gasteiger partial charge in [0.15, 0.2) is 9.84 Å². The molecule has 94 valence electrons. The van der Waals surface area contributed by atoms with E-state index < -0.39 is 21.7 Å². The molecule has 0 spiro atoms. The van der Waals surface area contributed by atoms with Crippen molar-refractivity contribution in [3.05, 3.63) is 30.1 Å². The Bertz CT molecular complexity index is 470. The summed E-state index contributed by atoms with van der Waals surface area (Å²) in [5, 5.41) is 0. The lowest BCUT2D eigenvalue weighted by atomic mass is 10.2. The van der Waals surface area contributed by atoms with E-state index >= 15 is 0 Å². The maximum absolute atomic E-state index is 11.8. The van der Waals surface area contributed by atoms with Crippen LogP contribution in [0, 0.1) is 5.92 Å². The number of rotatable bonds is 5. The maximum Gasteiger partial charge on any atom is 0.309 e. The third-order valence-corrected chi connectivity index (χ3v) is 3.94. The van der Waals surface area contributed by atoms with Gasteiger partial charge in [0, 0.05) is 6.20 Å². The minimum Gasteiger partial charge on any atom is -0.469 e. The van der Waals surface area contributed by atoms with Gasteiger partial charge >= 0.3 is 5.97 Å². The van der Waals surface area contributed by atoms with Crippen LogP contribution < -0.4 is 0 Å². The second-order valence-electron chi connectivity index (χ2n) is 3.80. The molecule has 0 saturated heterocycles. The van der Waals surface area contributed by atoms with Gasteiger partial charge in [-0.1, -0.05) is 13.0 Å². The van der Waals surface area contributed by atoms with Crippen molar-refractivity contribution in [2.75, 3.05) is 12.9 Å². The van der Waals surface area contributed by atoms with Crippen molar-refractivity contribution in [2.24, 2.45) is 5.92 Å². The second-order valence-corrected chi connectivity index (χ2v) is 5.91. The van der Waals surface area contributed by atoms with Crippen LogP contribution in [0.4, 0.5) is 0 Å². The predicted molar refractivity (Wildman–Crippen MR) is 62.9 cm³/mol. The van der Waals surface area contributed by atoms with Crippen molar-refractivity contribution in [3.8, 4) is 0 Å². The van der Waals surface area contributed by atoms with Crippen LogP contribution in [0.5, 0.6) is 0 Å². The molecular formula is C11H15NO4S. The summed E-state index contributed by atoms with van der Waals surface area (Å²) in [7, 11) is -2.11. The van der Waals surface area contributed by atoms with E-state index in [0.29, 0.717) is 5.69 Å². The first kappa shape index (κ1) is 13.6. The van der Waals surface area contributed by atoms with E-state index in [1.807, 2.05) is 0 Å². The molecule has 6 heteroatoms. The molecule has 0 saturated carbocycles. The van der Waals surface area contributed by atoms with Crippen LogP contribution in [-0.4, -0.2) is 32.2 Å². The van der Waals surface area contributed by atoms with Crippen molar-refractivity contribution in [3.63, 3.8) is 0 Å². The van der Waals surface area contributed by atoms with Gasteiger partial charge in [-0.15, -0.1) is 0 Å². The Kier molecular flexibility index (Phi) is 4.62. The molecule has 0 aliphatic heterocycles. The molecule has 1 aromatic rings. The Morgan fingerprint density at radius 1 is 1.47 bits per heavy atom. The summed E-state index contributed by atoms with van der Waals surface area (Å²) >= 11 is 0. The minimum atomic E-state index is -3.35. The third-order valence-electron chi connectivity index (χ3n) is 2.20. The molecule has 1 unspecified atom stereocenters. The van der Waals surface area contributed by atoms with Crippen LogP contribution in [0.2, 0.25) is 0 Å². The molecule has 1 rings (SSSR count). The molecular weight excluding hydrogens is 242 g/mol. The molecule has 5 nitrogen and oxygen atoms in total. The zero-order chi connectivity index (χ0) is 12.9. The number of hydrogen-bond acceptors (Lipinski definition) is 5. The van der Waals surface area contributed by atoms with E-state index in [1.165, 1.54) is 20.2 Å². The highest BCUT2D eigenvalue weighted by Crippen LogP contribution is 2.09. The van der Waals surface area contributed by atoms with Gasteiger partial charge < -0.3 is 4.74 Å². The smallest absolute Gasteiger partial charge is 0.309 e. The van der Waals surface area contributed by atoms with E-state index in [1.54, 1.807) is 18.2 Å². The number of pyridine rings is 1. The fourth-order valence-electron chi connectivity index (χ4n) is 1.42. The summed E-state index contributed by atoms with van der Waals surface area (Å²) in [6.45, 7) is 1.53. The summed E-state index contributed by atoms with van der Waals surface area (Å²) in [6.07, 6.45) is 1.54. The number of carbonyl (C=O) groups excluding carboxylic acids is 1. The maximum atomic E-state index is 11.8. The number of esters is 1. The zero-order valence-electron chi connectivity index (χ0n) is 9.79. The molecule has 0 aliphatic carbocycles. The lowest BCUT2D eigenvalue weighted by molar-refractivity contribution is -0.144. The first-order valence-electron chi connectivity index (χ1n) is 5.13. The van der Waals surface area contributed by atoms with E-state index in [9.17, 15) is 13.2 Å². The summed E-state index contributed by atoms with van der Waals surface area (Å²) in [5.74, 6) is -1.56. The monoisotopic (exact) mass is 257 g/mol. The van der Waals surface area contributed by atoms with Crippen molar-refractivity contribution in [2.45, 2.75) is 12.7 Å². The standard InChI is InChI=1S/C11H15NO4S/c1-9(11(13)16-2)7-17(14,15)8-10-5-3-4-6-12-10/h3-6,9H,7-8H2,1-2H3. The van der Waals surface area contributed by atoms with Gasteiger partial charge in [0.1, 0.15) is 0 Å². The van der Waals surface area contributed by atoms with Gasteiger partial charge in [-0.25, -0.2) is 8.42 Å². The molecule has 0 fully saturated rings. The number of sulfone groups is 1. The Balaban J connectivity index is 2.67. The van der Waals surface area contributed by atoms with Crippen LogP contribution in [0.25, 0.3) is 0 Å².